The number of fused-ring (bicyclic) bond motifs is 4. The molecule has 0 radical (unpaired) electrons. The molecule has 0 bridgehead atoms. The quantitative estimate of drug-likeness (QED) is 0.136. The zero-order valence-electron chi connectivity index (χ0n) is 31.5. The summed E-state index contributed by atoms with van der Waals surface area (Å²) in [6, 6.07) is 44.3. The van der Waals surface area contributed by atoms with Gasteiger partial charge in [-0.3, -0.25) is 0 Å². The Kier molecular flexibility index (Phi) is 7.18. The van der Waals surface area contributed by atoms with Gasteiger partial charge in [0.25, 0.3) is 0 Å². The number of rotatable bonds is 5. The molecule has 4 aliphatic rings. The van der Waals surface area contributed by atoms with Crippen LogP contribution in [0.3, 0.4) is 0 Å². The van der Waals surface area contributed by atoms with E-state index in [1.165, 1.54) is 78.3 Å². The second-order valence-electron chi connectivity index (χ2n) is 17.2. The van der Waals surface area contributed by atoms with Crippen molar-refractivity contribution in [2.75, 3.05) is 9.80 Å². The van der Waals surface area contributed by atoms with E-state index in [1.54, 1.807) is 0 Å². The lowest BCUT2D eigenvalue weighted by molar-refractivity contribution is 0.589. The van der Waals surface area contributed by atoms with Crippen LogP contribution >= 0.6 is 0 Å². The van der Waals surface area contributed by atoms with Crippen molar-refractivity contribution in [3.63, 3.8) is 0 Å². The van der Waals surface area contributed by atoms with Gasteiger partial charge in [-0.2, -0.15) is 0 Å². The molecule has 51 heavy (non-hydrogen) atoms. The van der Waals surface area contributed by atoms with E-state index in [9.17, 15) is 0 Å². The third-order valence-corrected chi connectivity index (χ3v) is 12.5. The zero-order valence-corrected chi connectivity index (χ0v) is 31.5. The van der Waals surface area contributed by atoms with Crippen LogP contribution < -0.4 is 20.7 Å². The van der Waals surface area contributed by atoms with Crippen molar-refractivity contribution in [2.45, 2.75) is 84.5 Å². The highest BCUT2D eigenvalue weighted by Gasteiger charge is 2.54. The molecule has 254 valence electrons. The summed E-state index contributed by atoms with van der Waals surface area (Å²) in [5.41, 5.74) is 19.4. The average molecular weight is 665 g/mol. The maximum absolute atomic E-state index is 2.71. The normalized spacial score (nSPS) is 20.6. The first kappa shape index (κ1) is 32.2. The van der Waals surface area contributed by atoms with Gasteiger partial charge in [-0.15, -0.1) is 0 Å². The van der Waals surface area contributed by atoms with Crippen molar-refractivity contribution >= 4 is 46.0 Å². The van der Waals surface area contributed by atoms with Gasteiger partial charge < -0.3 is 9.80 Å². The number of allylic oxidation sites excluding steroid dienone is 2. The van der Waals surface area contributed by atoms with Crippen LogP contribution in [0.5, 0.6) is 0 Å². The minimum absolute atomic E-state index is 0.0762. The van der Waals surface area contributed by atoms with E-state index in [1.807, 2.05) is 0 Å². The molecular weight excluding hydrogens is 615 g/mol. The molecule has 3 atom stereocenters. The Hall–Kier alpha value is -4.76. The smallest absolute Gasteiger partial charge is 0.227 e. The van der Waals surface area contributed by atoms with Crippen molar-refractivity contribution in [1.29, 1.82) is 0 Å². The first-order chi connectivity index (χ1) is 24.4. The van der Waals surface area contributed by atoms with E-state index < -0.39 is 0 Å². The summed E-state index contributed by atoms with van der Waals surface area (Å²) in [4.78, 5) is 5.39. The Balaban J connectivity index is 1.32. The van der Waals surface area contributed by atoms with Crippen LogP contribution in [-0.2, 0) is 10.8 Å². The Labute approximate surface area is 305 Å². The van der Waals surface area contributed by atoms with Crippen molar-refractivity contribution in [1.82, 2.24) is 0 Å². The Morgan fingerprint density at radius 1 is 0.667 bits per heavy atom. The molecule has 2 aliphatic carbocycles. The summed E-state index contributed by atoms with van der Waals surface area (Å²) >= 11 is 0. The molecule has 0 N–H and O–H groups in total. The largest absolute Gasteiger partial charge is 0.335 e. The molecule has 2 unspecified atom stereocenters. The number of anilines is 4. The first-order valence-electron chi connectivity index (χ1n) is 18.9. The number of benzene rings is 5. The molecule has 3 heteroatoms. The Morgan fingerprint density at radius 3 is 2.04 bits per heavy atom. The van der Waals surface area contributed by atoms with Gasteiger partial charge in [0.1, 0.15) is 0 Å². The molecule has 5 aromatic carbocycles. The van der Waals surface area contributed by atoms with E-state index in [0.717, 1.165) is 6.42 Å². The second-order valence-corrected chi connectivity index (χ2v) is 17.2. The standard InChI is InChI=1S/C48H49BN2/c1-30-24-41-45-42(25-30)51(46-32(3)26-38(46)33-16-11-9-12-17-33)40-29-36(48(7,8)34-18-13-10-14-19-34)22-23-39(40)49(45)44-31(2)27-43(44)50(41)37-21-15-20-35(28-37)47(4,5)6/h9-25,27-29,32,43-44H,26H2,1-8H3/t32?,43?,44-/m1/s1. The van der Waals surface area contributed by atoms with Crippen molar-refractivity contribution in [3.8, 4) is 0 Å². The Morgan fingerprint density at radius 2 is 1.35 bits per heavy atom. The highest BCUT2D eigenvalue weighted by Crippen LogP contribution is 2.55. The lowest BCUT2D eigenvalue weighted by Crippen LogP contribution is -2.65. The van der Waals surface area contributed by atoms with E-state index >= 15 is 0 Å². The molecule has 0 amide bonds. The van der Waals surface area contributed by atoms with E-state index in [-0.39, 0.29) is 10.8 Å². The molecule has 0 aromatic heterocycles. The lowest BCUT2D eigenvalue weighted by atomic mass is 9.26. The molecule has 2 aliphatic heterocycles. The van der Waals surface area contributed by atoms with Crippen LogP contribution in [0.2, 0.25) is 5.82 Å². The van der Waals surface area contributed by atoms with Crippen molar-refractivity contribution < 1.29 is 0 Å². The fourth-order valence-corrected chi connectivity index (χ4v) is 9.65. The predicted octanol–water partition coefficient (Wildman–Crippen LogP) is 11.0. The molecule has 0 saturated heterocycles. The molecule has 0 fully saturated rings. The number of nitrogens with zero attached hydrogens (tertiary/aromatic N) is 2. The summed E-state index contributed by atoms with van der Waals surface area (Å²) in [7, 11) is 0. The Bertz CT molecular complexity index is 2250. The maximum atomic E-state index is 2.71. The van der Waals surface area contributed by atoms with E-state index in [2.05, 4.69) is 187 Å². The minimum atomic E-state index is -0.141. The van der Waals surface area contributed by atoms with E-state index in [0.29, 0.717) is 24.5 Å². The fraction of sp³-hybridized carbons (Fsp3) is 0.292. The summed E-state index contributed by atoms with van der Waals surface area (Å²) in [5, 5.41) is 0. The van der Waals surface area contributed by atoms with Gasteiger partial charge in [-0.05, 0) is 106 Å². The molecular formula is C48H49BN2. The lowest BCUT2D eigenvalue weighted by Gasteiger charge is -2.55. The third-order valence-electron chi connectivity index (χ3n) is 12.5. The number of hydrogen-bond acceptors (Lipinski definition) is 2. The van der Waals surface area contributed by atoms with Gasteiger partial charge in [-0.1, -0.05) is 138 Å². The van der Waals surface area contributed by atoms with Gasteiger partial charge in [0.05, 0.1) is 6.04 Å². The second kappa shape index (κ2) is 11.4. The monoisotopic (exact) mass is 664 g/mol. The highest BCUT2D eigenvalue weighted by molar-refractivity contribution is 6.91. The fourth-order valence-electron chi connectivity index (χ4n) is 9.65. The zero-order chi connectivity index (χ0) is 35.4. The molecule has 9 rings (SSSR count). The number of aryl methyl sites for hydroxylation is 1. The van der Waals surface area contributed by atoms with Crippen LogP contribution in [0.15, 0.2) is 133 Å². The van der Waals surface area contributed by atoms with Gasteiger partial charge >= 0.3 is 0 Å². The van der Waals surface area contributed by atoms with Gasteiger partial charge in [-0.25, -0.2) is 0 Å². The van der Waals surface area contributed by atoms with Gasteiger partial charge in [0, 0.05) is 39.8 Å². The predicted molar refractivity (Wildman–Crippen MR) is 219 cm³/mol. The molecule has 5 aromatic rings. The van der Waals surface area contributed by atoms with Crippen molar-refractivity contribution in [2.24, 2.45) is 5.92 Å². The summed E-state index contributed by atoms with van der Waals surface area (Å²) in [6.07, 6.45) is 3.62. The summed E-state index contributed by atoms with van der Waals surface area (Å²) < 4.78 is 0. The minimum Gasteiger partial charge on any atom is -0.335 e. The molecule has 2 nitrogen and oxygen atoms in total. The van der Waals surface area contributed by atoms with Gasteiger partial charge in [0.2, 0.25) is 6.71 Å². The summed E-state index contributed by atoms with van der Waals surface area (Å²) in [5.74, 6) is 0.861. The summed E-state index contributed by atoms with van der Waals surface area (Å²) in [6.45, 7) is 19.1. The average Bonchev–Trinajstić information content (AvgIpc) is 3.11. The van der Waals surface area contributed by atoms with Crippen LogP contribution in [0, 0.1) is 12.8 Å². The highest BCUT2D eigenvalue weighted by atomic mass is 15.2. The van der Waals surface area contributed by atoms with Crippen LogP contribution in [0.4, 0.5) is 22.7 Å². The molecule has 0 spiro atoms. The maximum Gasteiger partial charge on any atom is 0.227 e. The van der Waals surface area contributed by atoms with Crippen LogP contribution in [0.25, 0.3) is 5.57 Å². The number of hydrogen-bond donors (Lipinski definition) is 0. The van der Waals surface area contributed by atoms with Crippen molar-refractivity contribution in [3.05, 3.63) is 160 Å². The first-order valence-corrected chi connectivity index (χ1v) is 18.9. The molecule has 2 heterocycles. The molecule has 0 saturated carbocycles. The topological polar surface area (TPSA) is 6.48 Å². The van der Waals surface area contributed by atoms with Crippen LogP contribution in [-0.4, -0.2) is 12.8 Å². The SMILES string of the molecule is CC1=CC2[C@@H]1B1c3ccc(C(C)(C)c4ccccc4)cc3N(C3=C(c4ccccc4)CC3C)c3cc(C)cc(c31)N2c1cccc(C(C)(C)C)c1. The van der Waals surface area contributed by atoms with Crippen LogP contribution in [0.1, 0.15) is 82.7 Å². The van der Waals surface area contributed by atoms with E-state index in [4.69, 9.17) is 0 Å². The van der Waals surface area contributed by atoms with Gasteiger partial charge in [0.15, 0.2) is 0 Å². The third kappa shape index (κ3) is 4.84.